The first-order valence-electron chi connectivity index (χ1n) is 5.45. The van der Waals surface area contributed by atoms with Crippen LogP contribution in [0.4, 0.5) is 8.78 Å². The largest absolute Gasteiger partial charge is 0.309 e. The summed E-state index contributed by atoms with van der Waals surface area (Å²) in [6, 6.07) is 14.0. The van der Waals surface area contributed by atoms with Crippen LogP contribution in [0.2, 0.25) is 0 Å². The highest BCUT2D eigenvalue weighted by Gasteiger charge is 2.06. The van der Waals surface area contributed by atoms with E-state index in [4.69, 9.17) is 0 Å². The minimum Gasteiger partial charge on any atom is -0.309 e. The van der Waals surface area contributed by atoms with Crippen LogP contribution in [0, 0.1) is 11.6 Å². The van der Waals surface area contributed by atoms with E-state index in [0.29, 0.717) is 18.7 Å². The summed E-state index contributed by atoms with van der Waals surface area (Å²) in [6.45, 7) is 0.954. The number of nitrogens with one attached hydrogen (secondary N) is 1. The van der Waals surface area contributed by atoms with Crippen LogP contribution < -0.4 is 5.32 Å². The number of halogens is 2. The van der Waals surface area contributed by atoms with Crippen LogP contribution >= 0.6 is 0 Å². The zero-order valence-electron chi connectivity index (χ0n) is 9.29. The first-order chi connectivity index (χ1) is 8.27. The van der Waals surface area contributed by atoms with Crippen molar-refractivity contribution in [2.75, 3.05) is 0 Å². The molecule has 0 atom stereocenters. The molecule has 0 radical (unpaired) electrons. The average Bonchev–Trinajstić information content (AvgIpc) is 2.36. The fourth-order valence-corrected chi connectivity index (χ4v) is 1.62. The van der Waals surface area contributed by atoms with Crippen molar-refractivity contribution in [2.45, 2.75) is 13.1 Å². The number of hydrogen-bond acceptors (Lipinski definition) is 1. The van der Waals surface area contributed by atoms with Gasteiger partial charge in [-0.15, -0.1) is 0 Å². The third kappa shape index (κ3) is 3.11. The van der Waals surface area contributed by atoms with Gasteiger partial charge in [-0.2, -0.15) is 0 Å². The van der Waals surface area contributed by atoms with Crippen LogP contribution in [0.25, 0.3) is 0 Å². The zero-order valence-corrected chi connectivity index (χ0v) is 9.29. The highest BCUT2D eigenvalue weighted by molar-refractivity contribution is 5.19. The van der Waals surface area contributed by atoms with Gasteiger partial charge in [-0.3, -0.25) is 0 Å². The Morgan fingerprint density at radius 1 is 0.824 bits per heavy atom. The normalized spacial score (nSPS) is 10.5. The molecule has 2 rings (SSSR count). The van der Waals surface area contributed by atoms with E-state index < -0.39 is 11.6 Å². The fraction of sp³-hybridized carbons (Fsp3) is 0.143. The van der Waals surface area contributed by atoms with Crippen LogP contribution in [0.5, 0.6) is 0 Å². The summed E-state index contributed by atoms with van der Waals surface area (Å²) in [6.07, 6.45) is 0. The summed E-state index contributed by atoms with van der Waals surface area (Å²) in [4.78, 5) is 0. The van der Waals surface area contributed by atoms with Crippen molar-refractivity contribution in [2.24, 2.45) is 0 Å². The van der Waals surface area contributed by atoms with Crippen molar-refractivity contribution in [1.29, 1.82) is 0 Å². The molecule has 2 aromatic carbocycles. The molecule has 0 spiro atoms. The van der Waals surface area contributed by atoms with Gasteiger partial charge in [0.05, 0.1) is 0 Å². The van der Waals surface area contributed by atoms with Gasteiger partial charge < -0.3 is 5.32 Å². The van der Waals surface area contributed by atoms with E-state index in [9.17, 15) is 8.78 Å². The number of rotatable bonds is 4. The average molecular weight is 233 g/mol. The van der Waals surface area contributed by atoms with Gasteiger partial charge >= 0.3 is 0 Å². The summed E-state index contributed by atoms with van der Waals surface area (Å²) in [5.41, 5.74) is 1.46. The summed E-state index contributed by atoms with van der Waals surface area (Å²) in [5, 5.41) is 3.08. The molecule has 0 heterocycles. The maximum Gasteiger partial charge on any atom is 0.163 e. The molecule has 0 aliphatic rings. The van der Waals surface area contributed by atoms with E-state index in [0.717, 1.165) is 11.6 Å². The lowest BCUT2D eigenvalue weighted by Crippen LogP contribution is -2.14. The Kier molecular flexibility index (Phi) is 3.83. The summed E-state index contributed by atoms with van der Waals surface area (Å²) in [5.74, 6) is -1.57. The molecule has 2 aromatic rings. The second-order valence-electron chi connectivity index (χ2n) is 3.80. The van der Waals surface area contributed by atoms with Gasteiger partial charge in [-0.25, -0.2) is 8.78 Å². The van der Waals surface area contributed by atoms with E-state index in [1.807, 2.05) is 30.3 Å². The summed E-state index contributed by atoms with van der Waals surface area (Å²) in [7, 11) is 0. The Morgan fingerprint density at radius 2 is 1.59 bits per heavy atom. The Hall–Kier alpha value is -1.74. The van der Waals surface area contributed by atoms with E-state index >= 15 is 0 Å². The molecule has 0 aliphatic heterocycles. The van der Waals surface area contributed by atoms with Crippen LogP contribution in [0.1, 0.15) is 11.1 Å². The predicted molar refractivity (Wildman–Crippen MR) is 63.3 cm³/mol. The molecule has 0 aliphatic carbocycles. The first kappa shape index (κ1) is 11.7. The van der Waals surface area contributed by atoms with Gasteiger partial charge in [0.2, 0.25) is 0 Å². The number of hydrogen-bond donors (Lipinski definition) is 1. The van der Waals surface area contributed by atoms with Crippen molar-refractivity contribution in [3.8, 4) is 0 Å². The molecular formula is C14H13F2N. The number of benzene rings is 2. The second kappa shape index (κ2) is 5.55. The topological polar surface area (TPSA) is 12.0 Å². The highest BCUT2D eigenvalue weighted by atomic mass is 19.2. The second-order valence-corrected chi connectivity index (χ2v) is 3.80. The van der Waals surface area contributed by atoms with E-state index in [-0.39, 0.29) is 0 Å². The Balaban J connectivity index is 1.93. The van der Waals surface area contributed by atoms with E-state index in [1.54, 1.807) is 6.07 Å². The Labute approximate surface area is 99.1 Å². The third-order valence-electron chi connectivity index (χ3n) is 2.52. The quantitative estimate of drug-likeness (QED) is 0.854. The van der Waals surface area contributed by atoms with Crippen LogP contribution in [-0.4, -0.2) is 0 Å². The predicted octanol–water partition coefficient (Wildman–Crippen LogP) is 3.25. The lowest BCUT2D eigenvalue weighted by atomic mass is 10.2. The molecule has 0 bridgehead atoms. The first-order valence-corrected chi connectivity index (χ1v) is 5.45. The van der Waals surface area contributed by atoms with Crippen molar-refractivity contribution < 1.29 is 8.78 Å². The Morgan fingerprint density at radius 3 is 2.35 bits per heavy atom. The maximum atomic E-state index is 13.3. The van der Waals surface area contributed by atoms with Crippen molar-refractivity contribution >= 4 is 0 Å². The minimum absolute atomic E-state index is 0.318. The van der Waals surface area contributed by atoms with Gasteiger partial charge in [0, 0.05) is 18.7 Å². The summed E-state index contributed by atoms with van der Waals surface area (Å²) < 4.78 is 26.2. The Bertz CT molecular complexity index is 483. The molecule has 1 nitrogen and oxygen atoms in total. The lowest BCUT2D eigenvalue weighted by Gasteiger charge is -2.06. The molecule has 17 heavy (non-hydrogen) atoms. The van der Waals surface area contributed by atoms with Gasteiger partial charge in [-0.05, 0) is 11.6 Å². The van der Waals surface area contributed by atoms with Crippen LogP contribution in [-0.2, 0) is 13.1 Å². The molecular weight excluding hydrogens is 220 g/mol. The fourth-order valence-electron chi connectivity index (χ4n) is 1.62. The molecule has 0 saturated carbocycles. The SMILES string of the molecule is Fc1cccc(CNCc2ccccc2)c1F. The maximum absolute atomic E-state index is 13.3. The molecule has 0 amide bonds. The molecule has 0 aromatic heterocycles. The van der Waals surface area contributed by atoms with Crippen molar-refractivity contribution in [3.63, 3.8) is 0 Å². The van der Waals surface area contributed by atoms with Gasteiger partial charge in [0.15, 0.2) is 11.6 Å². The zero-order chi connectivity index (χ0) is 12.1. The molecule has 0 fully saturated rings. The van der Waals surface area contributed by atoms with Crippen molar-refractivity contribution in [1.82, 2.24) is 5.32 Å². The van der Waals surface area contributed by atoms with Crippen molar-refractivity contribution in [3.05, 3.63) is 71.3 Å². The molecule has 1 N–H and O–H groups in total. The van der Waals surface area contributed by atoms with E-state index in [2.05, 4.69) is 5.32 Å². The van der Waals surface area contributed by atoms with Crippen LogP contribution in [0.3, 0.4) is 0 Å². The van der Waals surface area contributed by atoms with Gasteiger partial charge in [-0.1, -0.05) is 42.5 Å². The molecule has 88 valence electrons. The summed E-state index contributed by atoms with van der Waals surface area (Å²) >= 11 is 0. The standard InChI is InChI=1S/C14H13F2N/c15-13-8-4-7-12(14(13)16)10-17-9-11-5-2-1-3-6-11/h1-8,17H,9-10H2. The molecule has 0 unspecified atom stereocenters. The van der Waals surface area contributed by atoms with Gasteiger partial charge in [0.1, 0.15) is 0 Å². The van der Waals surface area contributed by atoms with E-state index in [1.165, 1.54) is 6.07 Å². The van der Waals surface area contributed by atoms with Crippen LogP contribution in [0.15, 0.2) is 48.5 Å². The lowest BCUT2D eigenvalue weighted by molar-refractivity contribution is 0.492. The third-order valence-corrected chi connectivity index (χ3v) is 2.52. The minimum atomic E-state index is -0.802. The van der Waals surface area contributed by atoms with Gasteiger partial charge in [0.25, 0.3) is 0 Å². The molecule has 3 heteroatoms. The smallest absolute Gasteiger partial charge is 0.163 e. The molecule has 0 saturated heterocycles. The highest BCUT2D eigenvalue weighted by Crippen LogP contribution is 2.11. The monoisotopic (exact) mass is 233 g/mol.